The molecule has 0 fully saturated rings. The van der Waals surface area contributed by atoms with Gasteiger partial charge in [0.05, 0.1) is 19.1 Å². The number of nitrogens with one attached hydrogen (secondary N) is 1. The minimum atomic E-state index is -0.941. The lowest BCUT2D eigenvalue weighted by atomic mass is 10.00. The molecule has 0 aliphatic carbocycles. The fourth-order valence-corrected chi connectivity index (χ4v) is 1.64. The van der Waals surface area contributed by atoms with Gasteiger partial charge in [-0.2, -0.15) is 0 Å². The van der Waals surface area contributed by atoms with E-state index >= 15 is 0 Å². The fourth-order valence-electron chi connectivity index (χ4n) is 1.64. The van der Waals surface area contributed by atoms with Crippen molar-refractivity contribution in [3.8, 4) is 5.75 Å². The Kier molecular flexibility index (Phi) is 5.36. The number of carboxylic acid groups (broad SMARTS) is 1. The van der Waals surface area contributed by atoms with Crippen LogP contribution in [-0.2, 0) is 4.79 Å². The molecular formula is C14H19NO4. The zero-order valence-electron chi connectivity index (χ0n) is 11.4. The SMILES string of the molecule is COc1ccc(C(C)C)cc1C(=O)NCCC(=O)O. The van der Waals surface area contributed by atoms with E-state index in [0.717, 1.165) is 5.56 Å². The van der Waals surface area contributed by atoms with Gasteiger partial charge in [-0.3, -0.25) is 9.59 Å². The van der Waals surface area contributed by atoms with Crippen LogP contribution in [0, 0.1) is 0 Å². The first kappa shape index (κ1) is 15.0. The first-order valence-corrected chi connectivity index (χ1v) is 6.13. The van der Waals surface area contributed by atoms with Gasteiger partial charge in [0.15, 0.2) is 0 Å². The van der Waals surface area contributed by atoms with E-state index in [1.807, 2.05) is 19.9 Å². The molecule has 104 valence electrons. The van der Waals surface area contributed by atoms with Crippen LogP contribution in [0.2, 0.25) is 0 Å². The zero-order chi connectivity index (χ0) is 14.4. The van der Waals surface area contributed by atoms with E-state index in [-0.39, 0.29) is 18.9 Å². The third kappa shape index (κ3) is 4.28. The summed E-state index contributed by atoms with van der Waals surface area (Å²) in [6.45, 7) is 4.17. The molecule has 1 aromatic carbocycles. The standard InChI is InChI=1S/C14H19NO4/c1-9(2)10-4-5-12(19-3)11(8-10)14(18)15-7-6-13(16)17/h4-5,8-9H,6-7H2,1-3H3,(H,15,18)(H,16,17). The van der Waals surface area contributed by atoms with Gasteiger partial charge in [0.25, 0.3) is 5.91 Å². The number of benzene rings is 1. The highest BCUT2D eigenvalue weighted by Crippen LogP contribution is 2.24. The summed E-state index contributed by atoms with van der Waals surface area (Å²) in [5, 5.41) is 11.1. The summed E-state index contributed by atoms with van der Waals surface area (Å²) in [4.78, 5) is 22.4. The van der Waals surface area contributed by atoms with Crippen molar-refractivity contribution in [2.24, 2.45) is 0 Å². The maximum absolute atomic E-state index is 12.0. The molecule has 1 rings (SSSR count). The van der Waals surface area contributed by atoms with E-state index in [0.29, 0.717) is 17.2 Å². The Morgan fingerprint density at radius 2 is 2.05 bits per heavy atom. The molecule has 0 aliphatic heterocycles. The summed E-state index contributed by atoms with van der Waals surface area (Å²) in [6, 6.07) is 5.44. The van der Waals surface area contributed by atoms with Crippen LogP contribution in [0.3, 0.4) is 0 Å². The van der Waals surface area contributed by atoms with Gasteiger partial charge in [0.1, 0.15) is 5.75 Å². The van der Waals surface area contributed by atoms with E-state index in [4.69, 9.17) is 9.84 Å². The summed E-state index contributed by atoms with van der Waals surface area (Å²) in [5.74, 6) is -0.475. The number of hydrogen-bond donors (Lipinski definition) is 2. The molecule has 2 N–H and O–H groups in total. The molecule has 0 spiro atoms. The Morgan fingerprint density at radius 3 is 2.58 bits per heavy atom. The van der Waals surface area contributed by atoms with Crippen molar-refractivity contribution in [1.29, 1.82) is 0 Å². The number of ether oxygens (including phenoxy) is 1. The van der Waals surface area contributed by atoms with Crippen LogP contribution in [0.1, 0.15) is 42.1 Å². The van der Waals surface area contributed by atoms with Gasteiger partial charge in [0.2, 0.25) is 0 Å². The number of carbonyl (C=O) groups is 2. The van der Waals surface area contributed by atoms with Crippen molar-refractivity contribution in [2.75, 3.05) is 13.7 Å². The molecule has 0 unspecified atom stereocenters. The number of aliphatic carboxylic acids is 1. The minimum absolute atomic E-state index is 0.0993. The summed E-state index contributed by atoms with van der Waals surface area (Å²) >= 11 is 0. The number of carbonyl (C=O) groups excluding carboxylic acids is 1. The van der Waals surface area contributed by atoms with Gasteiger partial charge >= 0.3 is 5.97 Å². The van der Waals surface area contributed by atoms with Gasteiger partial charge < -0.3 is 15.2 Å². The summed E-state index contributed by atoms with van der Waals surface area (Å²) in [6.07, 6.45) is -0.0993. The minimum Gasteiger partial charge on any atom is -0.496 e. The Hall–Kier alpha value is -2.04. The maximum atomic E-state index is 12.0. The molecule has 5 heteroatoms. The lowest BCUT2D eigenvalue weighted by Crippen LogP contribution is -2.26. The topological polar surface area (TPSA) is 75.6 Å². The van der Waals surface area contributed by atoms with Gasteiger partial charge in [-0.15, -0.1) is 0 Å². The second-order valence-corrected chi connectivity index (χ2v) is 4.51. The smallest absolute Gasteiger partial charge is 0.305 e. The Balaban J connectivity index is 2.86. The third-order valence-electron chi connectivity index (χ3n) is 2.76. The van der Waals surface area contributed by atoms with Crippen LogP contribution in [-0.4, -0.2) is 30.6 Å². The molecule has 0 saturated carbocycles. The van der Waals surface area contributed by atoms with Gasteiger partial charge in [-0.05, 0) is 23.6 Å². The predicted octanol–water partition coefficient (Wildman–Crippen LogP) is 2.02. The van der Waals surface area contributed by atoms with Crippen molar-refractivity contribution in [3.63, 3.8) is 0 Å². The van der Waals surface area contributed by atoms with Gasteiger partial charge in [-0.1, -0.05) is 19.9 Å². The second-order valence-electron chi connectivity index (χ2n) is 4.51. The highest BCUT2D eigenvalue weighted by atomic mass is 16.5. The molecule has 1 amide bonds. The van der Waals surface area contributed by atoms with Crippen LogP contribution in [0.5, 0.6) is 5.75 Å². The molecule has 0 aliphatic rings. The monoisotopic (exact) mass is 265 g/mol. The average Bonchev–Trinajstić information content (AvgIpc) is 2.37. The number of carboxylic acids is 1. The number of amides is 1. The van der Waals surface area contributed by atoms with Crippen molar-refractivity contribution in [2.45, 2.75) is 26.2 Å². The van der Waals surface area contributed by atoms with Crippen LogP contribution in [0.4, 0.5) is 0 Å². The fraction of sp³-hybridized carbons (Fsp3) is 0.429. The molecule has 0 saturated heterocycles. The van der Waals surface area contributed by atoms with Crippen LogP contribution >= 0.6 is 0 Å². The molecule has 0 bridgehead atoms. The van der Waals surface area contributed by atoms with E-state index in [1.54, 1.807) is 12.1 Å². The van der Waals surface area contributed by atoms with Crippen molar-refractivity contribution in [3.05, 3.63) is 29.3 Å². The lowest BCUT2D eigenvalue weighted by Gasteiger charge is -2.12. The van der Waals surface area contributed by atoms with Gasteiger partial charge in [-0.25, -0.2) is 0 Å². The average molecular weight is 265 g/mol. The maximum Gasteiger partial charge on any atom is 0.305 e. The number of hydrogen-bond acceptors (Lipinski definition) is 3. The zero-order valence-corrected chi connectivity index (χ0v) is 11.4. The summed E-state index contributed by atoms with van der Waals surface area (Å²) in [5.41, 5.74) is 1.46. The largest absolute Gasteiger partial charge is 0.496 e. The van der Waals surface area contributed by atoms with E-state index in [2.05, 4.69) is 5.32 Å². The normalized spacial score (nSPS) is 10.3. The second kappa shape index (κ2) is 6.78. The summed E-state index contributed by atoms with van der Waals surface area (Å²) in [7, 11) is 1.50. The Bertz CT molecular complexity index is 469. The first-order valence-electron chi connectivity index (χ1n) is 6.13. The molecule has 19 heavy (non-hydrogen) atoms. The van der Waals surface area contributed by atoms with Crippen molar-refractivity contribution < 1.29 is 19.4 Å². The van der Waals surface area contributed by atoms with E-state index in [1.165, 1.54) is 7.11 Å². The number of methoxy groups -OCH3 is 1. The molecular weight excluding hydrogens is 246 g/mol. The van der Waals surface area contributed by atoms with E-state index in [9.17, 15) is 9.59 Å². The predicted molar refractivity (Wildman–Crippen MR) is 71.7 cm³/mol. The highest BCUT2D eigenvalue weighted by Gasteiger charge is 2.14. The lowest BCUT2D eigenvalue weighted by molar-refractivity contribution is -0.136. The molecule has 0 heterocycles. The van der Waals surface area contributed by atoms with Crippen LogP contribution in [0.25, 0.3) is 0 Å². The van der Waals surface area contributed by atoms with E-state index < -0.39 is 5.97 Å². The molecule has 0 aromatic heterocycles. The third-order valence-corrected chi connectivity index (χ3v) is 2.76. The summed E-state index contributed by atoms with van der Waals surface area (Å²) < 4.78 is 5.15. The Labute approximate surface area is 112 Å². The number of rotatable bonds is 6. The van der Waals surface area contributed by atoms with Crippen LogP contribution in [0.15, 0.2) is 18.2 Å². The first-order chi connectivity index (χ1) is 8.95. The molecule has 1 aromatic rings. The van der Waals surface area contributed by atoms with Gasteiger partial charge in [0, 0.05) is 6.54 Å². The van der Waals surface area contributed by atoms with Crippen molar-refractivity contribution in [1.82, 2.24) is 5.32 Å². The molecule has 5 nitrogen and oxygen atoms in total. The quantitative estimate of drug-likeness (QED) is 0.825. The highest BCUT2D eigenvalue weighted by molar-refractivity contribution is 5.97. The molecule has 0 radical (unpaired) electrons. The molecule has 0 atom stereocenters. The Morgan fingerprint density at radius 1 is 1.37 bits per heavy atom. The van der Waals surface area contributed by atoms with Crippen molar-refractivity contribution >= 4 is 11.9 Å². The van der Waals surface area contributed by atoms with Crippen LogP contribution < -0.4 is 10.1 Å².